The Morgan fingerprint density at radius 1 is 0.967 bits per heavy atom. The number of amides is 4. The quantitative estimate of drug-likeness (QED) is 0.672. The first kappa shape index (κ1) is 19.6. The first-order valence-corrected chi connectivity index (χ1v) is 9.71. The van der Waals surface area contributed by atoms with Crippen LogP contribution in [0, 0.1) is 5.92 Å². The van der Waals surface area contributed by atoms with Gasteiger partial charge in [0.05, 0.1) is 5.92 Å². The van der Waals surface area contributed by atoms with E-state index in [0.29, 0.717) is 42.1 Å². The van der Waals surface area contributed by atoms with Crippen molar-refractivity contribution in [3.63, 3.8) is 0 Å². The molecule has 3 N–H and O–H groups in total. The van der Waals surface area contributed by atoms with Gasteiger partial charge in [-0.2, -0.15) is 0 Å². The van der Waals surface area contributed by atoms with Gasteiger partial charge < -0.3 is 19.7 Å². The van der Waals surface area contributed by atoms with Crippen molar-refractivity contribution < 1.29 is 23.9 Å². The summed E-state index contributed by atoms with van der Waals surface area (Å²) in [6.45, 7) is 0.976. The third-order valence-electron chi connectivity index (χ3n) is 5.04. The fourth-order valence-electron chi connectivity index (χ4n) is 3.43. The standard InChI is InChI=1S/C21H22N4O5/c26-19(14-8-9-17-18(11-14)30-13-29-17)23-24-20(27)15-5-4-10-25(12-15)21(28)22-16-6-2-1-3-7-16/h1-3,6-9,11,15H,4-5,10,12-13H2,(H,22,28)(H,23,26)(H,24,27)/t15-/m0/s1. The number of piperidine rings is 1. The van der Waals surface area contributed by atoms with Crippen molar-refractivity contribution in [1.82, 2.24) is 15.8 Å². The maximum absolute atomic E-state index is 12.5. The van der Waals surface area contributed by atoms with Gasteiger partial charge in [-0.05, 0) is 43.2 Å². The Kier molecular flexibility index (Phi) is 5.69. The molecule has 9 heteroatoms. The molecule has 1 atom stereocenters. The number of hydrazine groups is 1. The predicted octanol–water partition coefficient (Wildman–Crippen LogP) is 2.12. The van der Waals surface area contributed by atoms with E-state index in [9.17, 15) is 14.4 Å². The monoisotopic (exact) mass is 410 g/mol. The Labute approximate surface area is 173 Å². The van der Waals surface area contributed by atoms with Crippen molar-refractivity contribution in [2.75, 3.05) is 25.2 Å². The number of carbonyl (C=O) groups is 3. The van der Waals surface area contributed by atoms with Gasteiger partial charge >= 0.3 is 6.03 Å². The van der Waals surface area contributed by atoms with E-state index in [1.807, 2.05) is 18.2 Å². The van der Waals surface area contributed by atoms with Crippen LogP contribution in [-0.4, -0.2) is 42.6 Å². The van der Waals surface area contributed by atoms with Gasteiger partial charge in [-0.1, -0.05) is 18.2 Å². The number of nitrogens with one attached hydrogen (secondary N) is 3. The summed E-state index contributed by atoms with van der Waals surface area (Å²) in [4.78, 5) is 38.9. The second-order valence-corrected chi connectivity index (χ2v) is 7.09. The largest absolute Gasteiger partial charge is 0.454 e. The van der Waals surface area contributed by atoms with Crippen LogP contribution >= 0.6 is 0 Å². The lowest BCUT2D eigenvalue weighted by atomic mass is 9.98. The molecule has 0 bridgehead atoms. The molecule has 2 aromatic rings. The minimum absolute atomic E-state index is 0.118. The lowest BCUT2D eigenvalue weighted by Gasteiger charge is -2.32. The molecule has 30 heavy (non-hydrogen) atoms. The number of rotatable bonds is 3. The number of hydrogen-bond acceptors (Lipinski definition) is 5. The zero-order valence-corrected chi connectivity index (χ0v) is 16.2. The van der Waals surface area contributed by atoms with Gasteiger partial charge in [0, 0.05) is 24.3 Å². The molecule has 1 fully saturated rings. The number of benzene rings is 2. The second kappa shape index (κ2) is 8.73. The van der Waals surface area contributed by atoms with E-state index in [1.54, 1.807) is 35.2 Å². The van der Waals surface area contributed by atoms with E-state index in [0.717, 1.165) is 0 Å². The van der Waals surface area contributed by atoms with Crippen molar-refractivity contribution in [3.05, 3.63) is 54.1 Å². The molecule has 2 aliphatic rings. The second-order valence-electron chi connectivity index (χ2n) is 7.09. The average Bonchev–Trinajstić information content (AvgIpc) is 3.26. The van der Waals surface area contributed by atoms with Crippen molar-refractivity contribution in [3.8, 4) is 11.5 Å². The highest BCUT2D eigenvalue weighted by Gasteiger charge is 2.29. The number of ether oxygens (including phenoxy) is 2. The minimum atomic E-state index is -0.462. The lowest BCUT2D eigenvalue weighted by molar-refractivity contribution is -0.127. The number of urea groups is 1. The predicted molar refractivity (Wildman–Crippen MR) is 108 cm³/mol. The third-order valence-corrected chi connectivity index (χ3v) is 5.04. The first-order chi connectivity index (χ1) is 14.6. The summed E-state index contributed by atoms with van der Waals surface area (Å²) in [5.41, 5.74) is 5.91. The Hall–Kier alpha value is -3.75. The molecule has 2 aromatic carbocycles. The molecule has 0 saturated carbocycles. The van der Waals surface area contributed by atoms with Crippen LogP contribution in [0.5, 0.6) is 11.5 Å². The van der Waals surface area contributed by atoms with Gasteiger partial charge in [-0.25, -0.2) is 4.79 Å². The fraction of sp³-hybridized carbons (Fsp3) is 0.286. The fourth-order valence-corrected chi connectivity index (χ4v) is 3.43. The number of hydrogen-bond donors (Lipinski definition) is 3. The van der Waals surface area contributed by atoms with Crippen molar-refractivity contribution in [1.29, 1.82) is 0 Å². The van der Waals surface area contributed by atoms with Gasteiger partial charge in [0.15, 0.2) is 11.5 Å². The van der Waals surface area contributed by atoms with E-state index >= 15 is 0 Å². The molecule has 0 spiro atoms. The molecular formula is C21H22N4O5. The first-order valence-electron chi connectivity index (χ1n) is 9.71. The van der Waals surface area contributed by atoms with Crippen LogP contribution in [0.1, 0.15) is 23.2 Å². The van der Waals surface area contributed by atoms with E-state index in [4.69, 9.17) is 9.47 Å². The van der Waals surface area contributed by atoms with Gasteiger partial charge in [0.1, 0.15) is 0 Å². The summed E-state index contributed by atoms with van der Waals surface area (Å²) in [5.74, 6) is -0.136. The van der Waals surface area contributed by atoms with Crippen LogP contribution in [0.4, 0.5) is 10.5 Å². The van der Waals surface area contributed by atoms with E-state index in [-0.39, 0.29) is 25.3 Å². The zero-order valence-electron chi connectivity index (χ0n) is 16.2. The molecule has 2 aliphatic heterocycles. The molecule has 0 aliphatic carbocycles. The topological polar surface area (TPSA) is 109 Å². The highest BCUT2D eigenvalue weighted by Crippen LogP contribution is 2.32. The van der Waals surface area contributed by atoms with E-state index in [2.05, 4.69) is 16.2 Å². The number of anilines is 1. The molecular weight excluding hydrogens is 388 g/mol. The van der Waals surface area contributed by atoms with Crippen LogP contribution in [-0.2, 0) is 4.79 Å². The summed E-state index contributed by atoms with van der Waals surface area (Å²) < 4.78 is 10.5. The Morgan fingerprint density at radius 3 is 2.60 bits per heavy atom. The zero-order chi connectivity index (χ0) is 20.9. The summed E-state index contributed by atoms with van der Waals surface area (Å²) in [6, 6.07) is 13.7. The van der Waals surface area contributed by atoms with Crippen LogP contribution in [0.15, 0.2) is 48.5 Å². The summed E-state index contributed by atoms with van der Waals surface area (Å²) >= 11 is 0. The van der Waals surface area contributed by atoms with Crippen LogP contribution in [0.3, 0.4) is 0 Å². The van der Waals surface area contributed by atoms with Crippen molar-refractivity contribution >= 4 is 23.5 Å². The van der Waals surface area contributed by atoms with E-state index < -0.39 is 11.8 Å². The number of para-hydroxylation sites is 1. The molecule has 156 valence electrons. The van der Waals surface area contributed by atoms with Crippen molar-refractivity contribution in [2.24, 2.45) is 5.92 Å². The lowest BCUT2D eigenvalue weighted by Crippen LogP contribution is -2.50. The average molecular weight is 410 g/mol. The molecule has 0 unspecified atom stereocenters. The maximum atomic E-state index is 12.5. The van der Waals surface area contributed by atoms with Crippen LogP contribution in [0.25, 0.3) is 0 Å². The summed E-state index contributed by atoms with van der Waals surface area (Å²) in [7, 11) is 0. The number of fused-ring (bicyclic) bond motifs is 1. The van der Waals surface area contributed by atoms with Crippen molar-refractivity contribution in [2.45, 2.75) is 12.8 Å². The molecule has 4 amide bonds. The smallest absolute Gasteiger partial charge is 0.321 e. The van der Waals surface area contributed by atoms with Gasteiger partial charge in [0.25, 0.3) is 5.91 Å². The third kappa shape index (κ3) is 4.45. The van der Waals surface area contributed by atoms with Gasteiger partial charge in [-0.3, -0.25) is 20.4 Å². The highest BCUT2D eigenvalue weighted by atomic mass is 16.7. The van der Waals surface area contributed by atoms with E-state index in [1.165, 1.54) is 0 Å². The molecule has 0 aromatic heterocycles. The number of likely N-dealkylation sites (tertiary alicyclic amines) is 1. The van der Waals surface area contributed by atoms with Crippen LogP contribution in [0.2, 0.25) is 0 Å². The molecule has 2 heterocycles. The maximum Gasteiger partial charge on any atom is 0.321 e. The Balaban J connectivity index is 1.29. The molecule has 4 rings (SSSR count). The summed E-state index contributed by atoms with van der Waals surface area (Å²) in [6.07, 6.45) is 1.34. The normalized spacial score (nSPS) is 17.2. The highest BCUT2D eigenvalue weighted by molar-refractivity contribution is 5.96. The molecule has 0 radical (unpaired) electrons. The molecule has 1 saturated heterocycles. The SMILES string of the molecule is O=C(NNC(=O)[C@H]1CCCN(C(=O)Nc2ccccc2)C1)c1ccc2c(c1)OCO2. The summed E-state index contributed by atoms with van der Waals surface area (Å²) in [5, 5.41) is 2.83. The number of carbonyl (C=O) groups excluding carboxylic acids is 3. The van der Waals surface area contributed by atoms with Gasteiger partial charge in [-0.15, -0.1) is 0 Å². The minimum Gasteiger partial charge on any atom is -0.454 e. The Morgan fingerprint density at radius 2 is 1.77 bits per heavy atom. The molecule has 9 nitrogen and oxygen atoms in total. The number of nitrogens with zero attached hydrogens (tertiary/aromatic N) is 1. The Bertz CT molecular complexity index is 950. The van der Waals surface area contributed by atoms with Gasteiger partial charge in [0.2, 0.25) is 12.7 Å². The van der Waals surface area contributed by atoms with Crippen LogP contribution < -0.4 is 25.6 Å².